The van der Waals surface area contributed by atoms with E-state index in [1.54, 1.807) is 19.2 Å². The number of carbonyl (C=O) groups excluding carboxylic acids is 1. The first kappa shape index (κ1) is 17.2. The number of benzene rings is 3. The number of amides is 1. The molecule has 0 saturated heterocycles. The molecule has 1 amide bonds. The number of rotatable bonds is 5. The molecule has 0 aliphatic carbocycles. The van der Waals surface area contributed by atoms with E-state index in [0.29, 0.717) is 11.4 Å². The van der Waals surface area contributed by atoms with Crippen LogP contribution in [0.3, 0.4) is 0 Å². The first-order chi connectivity index (χ1) is 12.6. The average Bonchev–Trinajstić information content (AvgIpc) is 2.68. The van der Waals surface area contributed by atoms with Crippen molar-refractivity contribution in [3.05, 3.63) is 88.5 Å². The van der Waals surface area contributed by atoms with Gasteiger partial charge in [0.2, 0.25) is 0 Å². The summed E-state index contributed by atoms with van der Waals surface area (Å²) >= 11 is 0. The lowest BCUT2D eigenvalue weighted by molar-refractivity contribution is -0.384. The molecule has 0 bridgehead atoms. The minimum absolute atomic E-state index is 0.142. The maximum atomic E-state index is 12.6. The maximum Gasteiger partial charge on any atom is 0.293 e. The molecule has 0 fully saturated rings. The molecule has 3 rings (SSSR count). The van der Waals surface area contributed by atoms with E-state index in [-0.39, 0.29) is 11.3 Å². The fourth-order valence-electron chi connectivity index (χ4n) is 2.69. The van der Waals surface area contributed by atoms with Gasteiger partial charge in [0.15, 0.2) is 0 Å². The van der Waals surface area contributed by atoms with Crippen LogP contribution < -0.4 is 10.6 Å². The molecule has 0 atom stereocenters. The Hall–Kier alpha value is -3.67. The highest BCUT2D eigenvalue weighted by atomic mass is 16.6. The smallest absolute Gasteiger partial charge is 0.293 e. The zero-order valence-electron chi connectivity index (χ0n) is 14.1. The molecule has 0 aromatic heterocycles. The van der Waals surface area contributed by atoms with Crippen molar-refractivity contribution in [3.63, 3.8) is 0 Å². The molecule has 0 saturated carbocycles. The van der Waals surface area contributed by atoms with Crippen LogP contribution in [0.4, 0.5) is 17.1 Å². The van der Waals surface area contributed by atoms with E-state index < -0.39 is 10.8 Å². The van der Waals surface area contributed by atoms with Crippen LogP contribution in [0.1, 0.15) is 10.4 Å². The number of nitrogens with zero attached hydrogens (tertiary/aromatic N) is 1. The zero-order valence-corrected chi connectivity index (χ0v) is 14.1. The van der Waals surface area contributed by atoms with Crippen LogP contribution in [-0.4, -0.2) is 17.9 Å². The Labute approximate surface area is 150 Å². The van der Waals surface area contributed by atoms with Crippen LogP contribution in [0, 0.1) is 10.1 Å². The largest absolute Gasteiger partial charge is 0.383 e. The number of hydrogen-bond donors (Lipinski definition) is 2. The van der Waals surface area contributed by atoms with Gasteiger partial charge in [0.05, 0.1) is 4.92 Å². The van der Waals surface area contributed by atoms with Crippen LogP contribution in [0.5, 0.6) is 0 Å². The van der Waals surface area contributed by atoms with Crippen molar-refractivity contribution in [1.29, 1.82) is 0 Å². The molecular weight excluding hydrogens is 330 g/mol. The lowest BCUT2D eigenvalue weighted by Gasteiger charge is -2.12. The number of hydrogen-bond acceptors (Lipinski definition) is 4. The van der Waals surface area contributed by atoms with Crippen molar-refractivity contribution >= 4 is 23.0 Å². The third-order valence-corrected chi connectivity index (χ3v) is 3.99. The van der Waals surface area contributed by atoms with Crippen LogP contribution in [0.25, 0.3) is 11.1 Å². The highest BCUT2D eigenvalue weighted by Gasteiger charge is 2.17. The summed E-state index contributed by atoms with van der Waals surface area (Å²) in [7, 11) is 1.60. The fraction of sp³-hybridized carbons (Fsp3) is 0.0500. The normalized spacial score (nSPS) is 10.2. The second-order valence-electron chi connectivity index (χ2n) is 5.60. The maximum absolute atomic E-state index is 12.6. The van der Waals surface area contributed by atoms with Crippen molar-refractivity contribution in [2.45, 2.75) is 0 Å². The van der Waals surface area contributed by atoms with Gasteiger partial charge in [-0.3, -0.25) is 14.9 Å². The SMILES string of the molecule is CNc1ccc(C(=O)Nc2ccccc2-c2ccccc2)cc1[N+](=O)[O-]. The van der Waals surface area contributed by atoms with Crippen LogP contribution in [0.2, 0.25) is 0 Å². The van der Waals surface area contributed by atoms with E-state index in [0.717, 1.165) is 11.1 Å². The van der Waals surface area contributed by atoms with E-state index in [9.17, 15) is 14.9 Å². The average molecular weight is 347 g/mol. The monoisotopic (exact) mass is 347 g/mol. The summed E-state index contributed by atoms with van der Waals surface area (Å²) in [6.07, 6.45) is 0. The minimum Gasteiger partial charge on any atom is -0.383 e. The molecule has 0 heterocycles. The lowest BCUT2D eigenvalue weighted by atomic mass is 10.0. The van der Waals surface area contributed by atoms with Crippen molar-refractivity contribution in [2.24, 2.45) is 0 Å². The number of carbonyl (C=O) groups is 1. The molecule has 0 radical (unpaired) electrons. The summed E-state index contributed by atoms with van der Waals surface area (Å²) in [5.41, 5.74) is 2.93. The second kappa shape index (κ2) is 7.48. The molecule has 2 N–H and O–H groups in total. The fourth-order valence-corrected chi connectivity index (χ4v) is 2.69. The zero-order chi connectivity index (χ0) is 18.5. The number of nitro benzene ring substituents is 1. The van der Waals surface area contributed by atoms with E-state index in [1.807, 2.05) is 48.5 Å². The quantitative estimate of drug-likeness (QED) is 0.523. The van der Waals surface area contributed by atoms with Crippen molar-refractivity contribution in [2.75, 3.05) is 17.7 Å². The topological polar surface area (TPSA) is 84.3 Å². The molecule has 3 aromatic carbocycles. The summed E-state index contributed by atoms with van der Waals surface area (Å²) in [4.78, 5) is 23.3. The van der Waals surface area contributed by atoms with Crippen molar-refractivity contribution in [1.82, 2.24) is 0 Å². The molecule has 3 aromatic rings. The first-order valence-electron chi connectivity index (χ1n) is 8.02. The third-order valence-electron chi connectivity index (χ3n) is 3.99. The van der Waals surface area contributed by atoms with Crippen molar-refractivity contribution in [3.8, 4) is 11.1 Å². The van der Waals surface area contributed by atoms with E-state index in [1.165, 1.54) is 12.1 Å². The van der Waals surface area contributed by atoms with Gasteiger partial charge in [0, 0.05) is 29.9 Å². The summed E-state index contributed by atoms with van der Waals surface area (Å²) in [5.74, 6) is -0.404. The third kappa shape index (κ3) is 3.54. The number of nitrogens with one attached hydrogen (secondary N) is 2. The van der Waals surface area contributed by atoms with Crippen LogP contribution in [-0.2, 0) is 0 Å². The molecule has 130 valence electrons. The summed E-state index contributed by atoms with van der Waals surface area (Å²) < 4.78 is 0. The molecule has 0 aliphatic heterocycles. The standard InChI is InChI=1S/C20H17N3O3/c1-21-18-12-11-15(13-19(18)23(25)26)20(24)22-17-10-6-5-9-16(17)14-7-3-2-4-8-14/h2-13,21H,1H3,(H,22,24). The van der Waals surface area contributed by atoms with Gasteiger partial charge in [-0.1, -0.05) is 48.5 Å². The molecule has 6 heteroatoms. The van der Waals surface area contributed by atoms with Gasteiger partial charge in [-0.25, -0.2) is 0 Å². The number of anilines is 2. The van der Waals surface area contributed by atoms with Gasteiger partial charge in [-0.05, 0) is 23.8 Å². The molecule has 6 nitrogen and oxygen atoms in total. The summed E-state index contributed by atoms with van der Waals surface area (Å²) in [6.45, 7) is 0. The highest BCUT2D eigenvalue weighted by molar-refractivity contribution is 6.07. The van der Waals surface area contributed by atoms with Gasteiger partial charge in [0.1, 0.15) is 5.69 Å². The highest BCUT2D eigenvalue weighted by Crippen LogP contribution is 2.29. The van der Waals surface area contributed by atoms with E-state index in [4.69, 9.17) is 0 Å². The molecular formula is C20H17N3O3. The van der Waals surface area contributed by atoms with Gasteiger partial charge >= 0.3 is 0 Å². The summed E-state index contributed by atoms with van der Waals surface area (Å²) in [6, 6.07) is 21.5. The predicted octanol–water partition coefficient (Wildman–Crippen LogP) is 4.56. The Bertz CT molecular complexity index is 956. The molecule has 26 heavy (non-hydrogen) atoms. The van der Waals surface area contributed by atoms with Crippen LogP contribution in [0.15, 0.2) is 72.8 Å². The van der Waals surface area contributed by atoms with Crippen LogP contribution >= 0.6 is 0 Å². The first-order valence-corrected chi connectivity index (χ1v) is 8.02. The summed E-state index contributed by atoms with van der Waals surface area (Å²) in [5, 5.41) is 16.8. The van der Waals surface area contributed by atoms with Gasteiger partial charge in [-0.15, -0.1) is 0 Å². The Balaban J connectivity index is 1.92. The number of para-hydroxylation sites is 1. The Morgan fingerprint density at radius 2 is 1.62 bits per heavy atom. The Kier molecular flexibility index (Phi) is 4.94. The number of nitro groups is 1. The van der Waals surface area contributed by atoms with Gasteiger partial charge < -0.3 is 10.6 Å². The molecule has 0 unspecified atom stereocenters. The predicted molar refractivity (Wildman–Crippen MR) is 102 cm³/mol. The second-order valence-corrected chi connectivity index (χ2v) is 5.60. The van der Waals surface area contributed by atoms with Gasteiger partial charge in [-0.2, -0.15) is 0 Å². The Morgan fingerprint density at radius 3 is 2.31 bits per heavy atom. The van der Waals surface area contributed by atoms with E-state index in [2.05, 4.69) is 10.6 Å². The van der Waals surface area contributed by atoms with Gasteiger partial charge in [0.25, 0.3) is 11.6 Å². The molecule has 0 aliphatic rings. The minimum atomic E-state index is -0.513. The Morgan fingerprint density at radius 1 is 0.923 bits per heavy atom. The van der Waals surface area contributed by atoms with Crippen molar-refractivity contribution < 1.29 is 9.72 Å². The molecule has 0 spiro atoms. The van der Waals surface area contributed by atoms with E-state index >= 15 is 0 Å². The lowest BCUT2D eigenvalue weighted by Crippen LogP contribution is -2.13.